The van der Waals surface area contributed by atoms with E-state index < -0.39 is 0 Å². The molecule has 3 nitrogen and oxygen atoms in total. The van der Waals surface area contributed by atoms with Gasteiger partial charge in [-0.05, 0) is 42.6 Å². The van der Waals surface area contributed by atoms with Crippen LogP contribution in [0.2, 0.25) is 0 Å². The molecule has 0 fully saturated rings. The van der Waals surface area contributed by atoms with Crippen molar-refractivity contribution in [1.29, 1.82) is 0 Å². The first kappa shape index (κ1) is 13.9. The number of aliphatic hydroxyl groups is 1. The summed E-state index contributed by atoms with van der Waals surface area (Å²) in [6.45, 7) is 3.78. The van der Waals surface area contributed by atoms with E-state index in [9.17, 15) is 4.39 Å². The molecule has 102 valence electrons. The summed E-state index contributed by atoms with van der Waals surface area (Å²) in [6.07, 6.45) is 2.47. The predicted octanol–water partition coefficient (Wildman–Crippen LogP) is 2.48. The number of nitrogens with one attached hydrogen (secondary N) is 1. The Morgan fingerprint density at radius 1 is 1.37 bits per heavy atom. The molecule has 0 amide bonds. The van der Waals surface area contributed by atoms with Crippen LogP contribution in [0, 0.1) is 11.7 Å². The van der Waals surface area contributed by atoms with Crippen molar-refractivity contribution in [3.05, 3.63) is 41.8 Å². The van der Waals surface area contributed by atoms with E-state index in [1.807, 2.05) is 0 Å². The van der Waals surface area contributed by atoms with Gasteiger partial charge >= 0.3 is 0 Å². The highest BCUT2D eigenvalue weighted by Gasteiger charge is 2.07. The van der Waals surface area contributed by atoms with Gasteiger partial charge in [0.25, 0.3) is 0 Å². The van der Waals surface area contributed by atoms with Crippen LogP contribution in [-0.4, -0.2) is 23.2 Å². The van der Waals surface area contributed by atoms with Crippen molar-refractivity contribution in [2.24, 2.45) is 5.92 Å². The third-order valence-electron chi connectivity index (χ3n) is 3.23. The van der Waals surface area contributed by atoms with E-state index in [0.29, 0.717) is 23.4 Å². The molecule has 0 saturated heterocycles. The van der Waals surface area contributed by atoms with Gasteiger partial charge in [0.15, 0.2) is 0 Å². The van der Waals surface area contributed by atoms with Gasteiger partial charge in [0.05, 0.1) is 5.52 Å². The first-order valence-corrected chi connectivity index (χ1v) is 6.56. The SMILES string of the molecule is CC(CCO)CNCc1ccc(F)c2cccnc12. The lowest BCUT2D eigenvalue weighted by atomic mass is 10.1. The topological polar surface area (TPSA) is 45.1 Å². The highest BCUT2D eigenvalue weighted by atomic mass is 19.1. The number of nitrogens with zero attached hydrogens (tertiary/aromatic N) is 1. The highest BCUT2D eigenvalue weighted by Crippen LogP contribution is 2.19. The van der Waals surface area contributed by atoms with E-state index in [1.54, 1.807) is 24.4 Å². The maximum atomic E-state index is 13.6. The molecule has 1 heterocycles. The minimum absolute atomic E-state index is 0.212. The molecule has 1 unspecified atom stereocenters. The molecule has 4 heteroatoms. The average Bonchev–Trinajstić information content (AvgIpc) is 2.42. The second kappa shape index (κ2) is 6.59. The van der Waals surface area contributed by atoms with Gasteiger partial charge in [0.1, 0.15) is 5.82 Å². The molecule has 0 saturated carbocycles. The zero-order valence-electron chi connectivity index (χ0n) is 11.1. The van der Waals surface area contributed by atoms with Gasteiger partial charge in [0.2, 0.25) is 0 Å². The fraction of sp³-hybridized carbons (Fsp3) is 0.400. The molecule has 2 aromatic rings. The number of rotatable bonds is 6. The van der Waals surface area contributed by atoms with Crippen LogP contribution >= 0.6 is 0 Å². The summed E-state index contributed by atoms with van der Waals surface area (Å²) in [5.74, 6) is 0.185. The number of hydrogen-bond acceptors (Lipinski definition) is 3. The lowest BCUT2D eigenvalue weighted by Crippen LogP contribution is -2.21. The minimum atomic E-state index is -0.236. The summed E-state index contributed by atoms with van der Waals surface area (Å²) in [5.41, 5.74) is 1.71. The zero-order chi connectivity index (χ0) is 13.7. The maximum Gasteiger partial charge on any atom is 0.132 e. The fourth-order valence-corrected chi connectivity index (χ4v) is 2.11. The first-order chi connectivity index (χ1) is 9.22. The number of hydrogen-bond donors (Lipinski definition) is 2. The lowest BCUT2D eigenvalue weighted by Gasteiger charge is -2.12. The van der Waals surface area contributed by atoms with Crippen LogP contribution in [0.3, 0.4) is 0 Å². The quantitative estimate of drug-likeness (QED) is 0.840. The van der Waals surface area contributed by atoms with Gasteiger partial charge in [-0.15, -0.1) is 0 Å². The normalized spacial score (nSPS) is 12.8. The zero-order valence-corrected chi connectivity index (χ0v) is 11.1. The second-order valence-corrected chi connectivity index (χ2v) is 4.85. The summed E-state index contributed by atoms with van der Waals surface area (Å²) in [6, 6.07) is 6.74. The standard InChI is InChI=1S/C15H19FN2O/c1-11(6-8-19)9-17-10-12-4-5-14(16)13-3-2-7-18-15(12)13/h2-5,7,11,17,19H,6,8-10H2,1H3. The molecule has 0 radical (unpaired) electrons. The van der Waals surface area contributed by atoms with Crippen molar-refractivity contribution in [2.75, 3.05) is 13.2 Å². The summed E-state index contributed by atoms with van der Waals surface area (Å²) >= 11 is 0. The maximum absolute atomic E-state index is 13.6. The molecule has 0 aliphatic carbocycles. The van der Waals surface area contributed by atoms with Gasteiger partial charge < -0.3 is 10.4 Å². The summed E-state index contributed by atoms with van der Waals surface area (Å²) in [7, 11) is 0. The molecule has 1 atom stereocenters. The average molecular weight is 262 g/mol. The van der Waals surface area contributed by atoms with Crippen LogP contribution in [0.15, 0.2) is 30.5 Å². The minimum Gasteiger partial charge on any atom is -0.396 e. The molecule has 2 N–H and O–H groups in total. The number of aliphatic hydroxyl groups excluding tert-OH is 1. The fourth-order valence-electron chi connectivity index (χ4n) is 2.11. The van der Waals surface area contributed by atoms with Crippen molar-refractivity contribution in [3.8, 4) is 0 Å². The van der Waals surface area contributed by atoms with Gasteiger partial charge in [-0.3, -0.25) is 4.98 Å². The Morgan fingerprint density at radius 2 is 2.21 bits per heavy atom. The Hall–Kier alpha value is -1.52. The summed E-state index contributed by atoms with van der Waals surface area (Å²) in [5, 5.41) is 12.7. The Morgan fingerprint density at radius 3 is 3.00 bits per heavy atom. The summed E-state index contributed by atoms with van der Waals surface area (Å²) in [4.78, 5) is 4.26. The molecule has 19 heavy (non-hydrogen) atoms. The van der Waals surface area contributed by atoms with Crippen LogP contribution in [0.5, 0.6) is 0 Å². The monoisotopic (exact) mass is 262 g/mol. The van der Waals surface area contributed by atoms with Gasteiger partial charge in [-0.1, -0.05) is 13.0 Å². The van der Waals surface area contributed by atoms with Crippen molar-refractivity contribution in [2.45, 2.75) is 19.9 Å². The van der Waals surface area contributed by atoms with Crippen LogP contribution in [0.1, 0.15) is 18.9 Å². The Labute approximate surface area is 112 Å². The largest absolute Gasteiger partial charge is 0.396 e. The third kappa shape index (κ3) is 3.49. The number of fused-ring (bicyclic) bond motifs is 1. The van der Waals surface area contributed by atoms with Crippen molar-refractivity contribution in [3.63, 3.8) is 0 Å². The molecule has 1 aromatic heterocycles. The van der Waals surface area contributed by atoms with Gasteiger partial charge in [0, 0.05) is 24.7 Å². The molecular weight excluding hydrogens is 243 g/mol. The highest BCUT2D eigenvalue weighted by molar-refractivity contribution is 5.82. The van der Waals surface area contributed by atoms with E-state index in [0.717, 1.165) is 18.5 Å². The van der Waals surface area contributed by atoms with Crippen LogP contribution < -0.4 is 5.32 Å². The van der Waals surface area contributed by atoms with Crippen LogP contribution in [-0.2, 0) is 6.54 Å². The molecule has 2 rings (SSSR count). The third-order valence-corrected chi connectivity index (χ3v) is 3.23. The first-order valence-electron chi connectivity index (χ1n) is 6.56. The molecule has 0 bridgehead atoms. The molecular formula is C15H19FN2O. The molecule has 0 aliphatic heterocycles. The smallest absolute Gasteiger partial charge is 0.132 e. The van der Waals surface area contributed by atoms with E-state index >= 15 is 0 Å². The molecule has 0 aliphatic rings. The van der Waals surface area contributed by atoms with Crippen LogP contribution in [0.4, 0.5) is 4.39 Å². The Kier molecular flexibility index (Phi) is 4.82. The van der Waals surface area contributed by atoms with E-state index in [4.69, 9.17) is 5.11 Å². The molecule has 0 spiro atoms. The van der Waals surface area contributed by atoms with Gasteiger partial charge in [-0.25, -0.2) is 4.39 Å². The predicted molar refractivity (Wildman–Crippen MR) is 74.3 cm³/mol. The van der Waals surface area contributed by atoms with Crippen molar-refractivity contribution in [1.82, 2.24) is 10.3 Å². The Balaban J connectivity index is 2.07. The van der Waals surface area contributed by atoms with Crippen molar-refractivity contribution >= 4 is 10.9 Å². The number of benzene rings is 1. The molecule has 1 aromatic carbocycles. The number of aromatic nitrogens is 1. The number of halogens is 1. The van der Waals surface area contributed by atoms with Crippen molar-refractivity contribution < 1.29 is 9.50 Å². The van der Waals surface area contributed by atoms with E-state index in [1.165, 1.54) is 6.07 Å². The summed E-state index contributed by atoms with van der Waals surface area (Å²) < 4.78 is 13.6. The van der Waals surface area contributed by atoms with E-state index in [-0.39, 0.29) is 12.4 Å². The Bertz CT molecular complexity index is 545. The second-order valence-electron chi connectivity index (χ2n) is 4.85. The van der Waals surface area contributed by atoms with Gasteiger partial charge in [-0.2, -0.15) is 0 Å². The van der Waals surface area contributed by atoms with Crippen LogP contribution in [0.25, 0.3) is 10.9 Å². The lowest BCUT2D eigenvalue weighted by molar-refractivity contribution is 0.260. The number of pyridine rings is 1. The van der Waals surface area contributed by atoms with E-state index in [2.05, 4.69) is 17.2 Å².